The van der Waals surface area contributed by atoms with Gasteiger partial charge in [-0.05, 0) is 23.1 Å². The number of aliphatic imine (C=N–C) groups is 1. The molecule has 0 amide bonds. The molecule has 0 saturated carbocycles. The van der Waals surface area contributed by atoms with Gasteiger partial charge in [0.2, 0.25) is 0 Å². The minimum Gasteiger partial charge on any atom is -0.357 e. The number of hydrogen-bond acceptors (Lipinski definition) is 2. The molecule has 0 saturated heterocycles. The van der Waals surface area contributed by atoms with Gasteiger partial charge in [0.15, 0.2) is 5.96 Å². The van der Waals surface area contributed by atoms with Crippen LogP contribution in [0, 0.1) is 0 Å². The summed E-state index contributed by atoms with van der Waals surface area (Å²) in [4.78, 5) is 5.67. The quantitative estimate of drug-likeness (QED) is 0.432. The Balaban J connectivity index is 0.00000242. The van der Waals surface area contributed by atoms with E-state index in [0.717, 1.165) is 19.0 Å². The van der Waals surface area contributed by atoms with E-state index in [0.29, 0.717) is 0 Å². The highest BCUT2D eigenvalue weighted by molar-refractivity contribution is 14.0. The Labute approximate surface area is 154 Å². The Morgan fingerprint density at radius 1 is 1.32 bits per heavy atom. The Morgan fingerprint density at radius 2 is 2.09 bits per heavy atom. The van der Waals surface area contributed by atoms with Crippen molar-refractivity contribution < 1.29 is 0 Å². The van der Waals surface area contributed by atoms with E-state index in [1.54, 1.807) is 18.4 Å². The third kappa shape index (κ3) is 5.31. The topological polar surface area (TPSA) is 41.4 Å². The number of nitrogens with one attached hydrogen (secondary N) is 2. The number of rotatable bonds is 5. The van der Waals surface area contributed by atoms with Gasteiger partial charge in [-0.25, -0.2) is 0 Å². The molecule has 0 bridgehead atoms. The number of aromatic nitrogens is 1. The molecule has 2 aromatic heterocycles. The highest BCUT2D eigenvalue weighted by atomic mass is 127. The van der Waals surface area contributed by atoms with Crippen molar-refractivity contribution in [2.75, 3.05) is 13.6 Å². The molecule has 2 aromatic rings. The first-order chi connectivity index (χ1) is 10.0. The molecule has 2 N–H and O–H groups in total. The molecule has 0 aliphatic carbocycles. The summed E-state index contributed by atoms with van der Waals surface area (Å²) < 4.78 is 2.05. The first kappa shape index (κ1) is 19.0. The molecule has 2 heterocycles. The van der Waals surface area contributed by atoms with Gasteiger partial charge in [-0.1, -0.05) is 19.9 Å². The van der Waals surface area contributed by atoms with Gasteiger partial charge < -0.3 is 15.2 Å². The lowest BCUT2D eigenvalue weighted by molar-refractivity contribution is 0.518. The Kier molecular flexibility index (Phi) is 7.41. The summed E-state index contributed by atoms with van der Waals surface area (Å²) >= 11 is 1.80. The van der Waals surface area contributed by atoms with E-state index >= 15 is 0 Å². The van der Waals surface area contributed by atoms with Crippen LogP contribution in [0.3, 0.4) is 0 Å². The number of nitrogens with zero attached hydrogens (tertiary/aromatic N) is 2. The molecule has 6 heteroatoms. The van der Waals surface area contributed by atoms with Crippen LogP contribution in [0.15, 0.2) is 41.0 Å². The third-order valence-corrected chi connectivity index (χ3v) is 4.70. The molecule has 22 heavy (non-hydrogen) atoms. The van der Waals surface area contributed by atoms with E-state index in [4.69, 9.17) is 0 Å². The molecule has 122 valence electrons. The molecule has 0 aliphatic heterocycles. The number of halogens is 1. The Hall–Kier alpha value is -1.02. The maximum absolute atomic E-state index is 4.29. The fraction of sp³-hybridized carbons (Fsp3) is 0.438. The van der Waals surface area contributed by atoms with Gasteiger partial charge >= 0.3 is 0 Å². The second-order valence-corrected chi connectivity index (χ2v) is 6.77. The maximum atomic E-state index is 4.29. The normalized spacial score (nSPS) is 11.9. The number of aryl methyl sites for hydroxylation is 1. The third-order valence-electron chi connectivity index (χ3n) is 3.46. The van der Waals surface area contributed by atoms with E-state index in [1.165, 1.54) is 10.4 Å². The zero-order valence-electron chi connectivity index (χ0n) is 13.6. The van der Waals surface area contributed by atoms with Crippen molar-refractivity contribution >= 4 is 41.3 Å². The maximum Gasteiger partial charge on any atom is 0.191 e. The molecule has 0 radical (unpaired) electrons. The second-order valence-electron chi connectivity index (χ2n) is 5.83. The first-order valence-electron chi connectivity index (χ1n) is 7.10. The van der Waals surface area contributed by atoms with Gasteiger partial charge in [-0.2, -0.15) is 0 Å². The van der Waals surface area contributed by atoms with Crippen molar-refractivity contribution in [1.82, 2.24) is 15.2 Å². The highest BCUT2D eigenvalue weighted by Gasteiger charge is 2.21. The molecule has 0 unspecified atom stereocenters. The smallest absolute Gasteiger partial charge is 0.191 e. The Bertz CT molecular complexity index is 587. The van der Waals surface area contributed by atoms with Crippen molar-refractivity contribution in [3.05, 3.63) is 46.4 Å². The van der Waals surface area contributed by atoms with E-state index < -0.39 is 0 Å². The summed E-state index contributed by atoms with van der Waals surface area (Å²) in [7, 11) is 3.83. The average molecular weight is 432 g/mol. The van der Waals surface area contributed by atoms with Crippen LogP contribution < -0.4 is 10.6 Å². The SMILES string of the molecule is CN=C(NCc1ccn(C)c1)NCC(C)(C)c1cccs1.I. The van der Waals surface area contributed by atoms with E-state index in [9.17, 15) is 0 Å². The van der Waals surface area contributed by atoms with Crippen LogP contribution in [0.2, 0.25) is 0 Å². The minimum absolute atomic E-state index is 0. The molecule has 0 fully saturated rings. The van der Waals surface area contributed by atoms with E-state index in [-0.39, 0.29) is 29.4 Å². The van der Waals surface area contributed by atoms with Gasteiger partial charge in [-0.15, -0.1) is 35.3 Å². The molecule has 0 atom stereocenters. The fourth-order valence-electron chi connectivity index (χ4n) is 2.13. The summed E-state index contributed by atoms with van der Waals surface area (Å²) in [5.74, 6) is 0.837. The number of hydrogen-bond donors (Lipinski definition) is 2. The van der Waals surface area contributed by atoms with Crippen LogP contribution in [0.4, 0.5) is 0 Å². The standard InChI is InChI=1S/C16H24N4S.HI/c1-16(2,14-6-5-9-21-14)12-19-15(17-3)18-10-13-7-8-20(4)11-13;/h5-9,11H,10,12H2,1-4H3,(H2,17,18,19);1H. The predicted molar refractivity (Wildman–Crippen MR) is 106 cm³/mol. The van der Waals surface area contributed by atoms with Crippen molar-refractivity contribution in [3.63, 3.8) is 0 Å². The molecule has 0 spiro atoms. The minimum atomic E-state index is 0. The van der Waals surface area contributed by atoms with Crippen LogP contribution in [-0.4, -0.2) is 24.1 Å². The average Bonchev–Trinajstić information content (AvgIpc) is 3.10. The predicted octanol–water partition coefficient (Wildman–Crippen LogP) is 3.35. The Morgan fingerprint density at radius 3 is 2.64 bits per heavy atom. The summed E-state index contributed by atoms with van der Waals surface area (Å²) in [6.45, 7) is 6.12. The molecule has 0 aliphatic rings. The van der Waals surface area contributed by atoms with Crippen molar-refractivity contribution in [2.45, 2.75) is 25.8 Å². The van der Waals surface area contributed by atoms with Gasteiger partial charge in [0.25, 0.3) is 0 Å². The monoisotopic (exact) mass is 432 g/mol. The van der Waals surface area contributed by atoms with Gasteiger partial charge in [0.1, 0.15) is 0 Å². The zero-order valence-corrected chi connectivity index (χ0v) is 16.7. The lowest BCUT2D eigenvalue weighted by Crippen LogP contribution is -2.42. The van der Waals surface area contributed by atoms with Crippen molar-refractivity contribution in [2.24, 2.45) is 12.0 Å². The van der Waals surface area contributed by atoms with E-state index in [1.807, 2.05) is 17.8 Å². The van der Waals surface area contributed by atoms with Crippen LogP contribution >= 0.6 is 35.3 Å². The van der Waals surface area contributed by atoms with Crippen LogP contribution in [0.1, 0.15) is 24.3 Å². The fourth-order valence-corrected chi connectivity index (χ4v) is 2.98. The number of guanidine groups is 1. The molecule has 2 rings (SSSR count). The zero-order chi connectivity index (χ0) is 15.3. The largest absolute Gasteiger partial charge is 0.357 e. The summed E-state index contributed by atoms with van der Waals surface area (Å²) in [6.07, 6.45) is 4.16. The highest BCUT2D eigenvalue weighted by Crippen LogP contribution is 2.26. The van der Waals surface area contributed by atoms with Crippen molar-refractivity contribution in [1.29, 1.82) is 0 Å². The van der Waals surface area contributed by atoms with Crippen molar-refractivity contribution in [3.8, 4) is 0 Å². The van der Waals surface area contributed by atoms with Gasteiger partial charge in [0, 0.05) is 49.9 Å². The summed E-state index contributed by atoms with van der Waals surface area (Å²) in [6, 6.07) is 6.40. The molecular formula is C16H25IN4S. The number of thiophene rings is 1. The van der Waals surface area contributed by atoms with Gasteiger partial charge in [0.05, 0.1) is 0 Å². The first-order valence-corrected chi connectivity index (χ1v) is 7.98. The molecule has 4 nitrogen and oxygen atoms in total. The second kappa shape index (κ2) is 8.57. The molecule has 0 aromatic carbocycles. The lowest BCUT2D eigenvalue weighted by Gasteiger charge is -2.25. The molecular weight excluding hydrogens is 407 g/mol. The lowest BCUT2D eigenvalue weighted by atomic mass is 9.91. The van der Waals surface area contributed by atoms with E-state index in [2.05, 4.69) is 59.2 Å². The summed E-state index contributed by atoms with van der Waals surface area (Å²) in [5.41, 5.74) is 1.34. The van der Waals surface area contributed by atoms with Crippen LogP contribution in [0.25, 0.3) is 0 Å². The van der Waals surface area contributed by atoms with Crippen LogP contribution in [-0.2, 0) is 19.0 Å². The van der Waals surface area contributed by atoms with Gasteiger partial charge in [-0.3, -0.25) is 4.99 Å². The summed E-state index contributed by atoms with van der Waals surface area (Å²) in [5, 5.41) is 8.88. The van der Waals surface area contributed by atoms with Crippen LogP contribution in [0.5, 0.6) is 0 Å².